The summed E-state index contributed by atoms with van der Waals surface area (Å²) in [5.41, 5.74) is 3.55. The predicted octanol–water partition coefficient (Wildman–Crippen LogP) is 5.15. The molecule has 2 bridgehead atoms. The van der Waals surface area contributed by atoms with Gasteiger partial charge in [-0.1, -0.05) is 26.0 Å². The average Bonchev–Trinajstić information content (AvgIpc) is 3.18. The van der Waals surface area contributed by atoms with Crippen molar-refractivity contribution < 1.29 is 9.47 Å². The molecule has 5 nitrogen and oxygen atoms in total. The number of methoxy groups -OCH3 is 2. The third kappa shape index (κ3) is 3.54. The van der Waals surface area contributed by atoms with E-state index in [1.165, 1.54) is 12.0 Å². The number of hydrogen-bond donors (Lipinski definition) is 0. The lowest BCUT2D eigenvalue weighted by molar-refractivity contribution is -0.00126. The Morgan fingerprint density at radius 1 is 1.30 bits per heavy atom. The van der Waals surface area contributed by atoms with Crippen LogP contribution in [0.2, 0.25) is 0 Å². The Morgan fingerprint density at radius 3 is 2.80 bits per heavy atom. The Labute approximate surface area is 182 Å². The highest BCUT2D eigenvalue weighted by atomic mass is 32.1. The minimum atomic E-state index is 0.365. The number of thiazole rings is 1. The second-order valence-electron chi connectivity index (χ2n) is 8.40. The van der Waals surface area contributed by atoms with Gasteiger partial charge in [0, 0.05) is 10.9 Å². The first kappa shape index (κ1) is 20.7. The number of benzene rings is 1. The SMILES string of the molecule is C=CCN=c1scc(-c2cc(OC)ccc2OC)n1N=CC1=CCC2CC1C2(C)C. The fraction of sp³-hybridized carbons (Fsp3) is 0.417. The maximum atomic E-state index is 5.62. The summed E-state index contributed by atoms with van der Waals surface area (Å²) in [4.78, 5) is 5.48. The van der Waals surface area contributed by atoms with Gasteiger partial charge in [0.25, 0.3) is 0 Å². The van der Waals surface area contributed by atoms with Gasteiger partial charge in [0.05, 0.1) is 32.7 Å². The first-order valence-corrected chi connectivity index (χ1v) is 11.2. The van der Waals surface area contributed by atoms with Gasteiger partial charge in [-0.3, -0.25) is 4.99 Å². The first-order chi connectivity index (χ1) is 14.5. The molecule has 5 rings (SSSR count). The molecule has 0 N–H and O–H groups in total. The van der Waals surface area contributed by atoms with Gasteiger partial charge in [0.1, 0.15) is 11.5 Å². The van der Waals surface area contributed by atoms with Crippen molar-refractivity contribution in [2.24, 2.45) is 27.3 Å². The molecule has 3 aliphatic carbocycles. The number of hydrogen-bond acceptors (Lipinski definition) is 5. The van der Waals surface area contributed by atoms with Crippen LogP contribution in [0.1, 0.15) is 26.7 Å². The van der Waals surface area contributed by atoms with Crippen molar-refractivity contribution in [3.63, 3.8) is 0 Å². The van der Waals surface area contributed by atoms with Crippen LogP contribution in [0.15, 0.2) is 58.0 Å². The monoisotopic (exact) mass is 423 g/mol. The maximum Gasteiger partial charge on any atom is 0.206 e. The van der Waals surface area contributed by atoms with Crippen LogP contribution in [0.3, 0.4) is 0 Å². The number of nitrogens with zero attached hydrogens (tertiary/aromatic N) is 3. The van der Waals surface area contributed by atoms with E-state index in [9.17, 15) is 0 Å². The van der Waals surface area contributed by atoms with Crippen LogP contribution in [-0.2, 0) is 0 Å². The molecule has 30 heavy (non-hydrogen) atoms. The van der Waals surface area contributed by atoms with Crippen molar-refractivity contribution in [3.8, 4) is 22.8 Å². The van der Waals surface area contributed by atoms with Gasteiger partial charge >= 0.3 is 0 Å². The molecule has 2 atom stereocenters. The van der Waals surface area contributed by atoms with Gasteiger partial charge in [0.2, 0.25) is 4.80 Å². The van der Waals surface area contributed by atoms with Crippen LogP contribution in [0.4, 0.5) is 0 Å². The van der Waals surface area contributed by atoms with Crippen molar-refractivity contribution in [1.29, 1.82) is 0 Å². The van der Waals surface area contributed by atoms with Crippen LogP contribution >= 0.6 is 11.3 Å². The van der Waals surface area contributed by atoms with E-state index in [1.807, 2.05) is 29.1 Å². The van der Waals surface area contributed by atoms with Crippen molar-refractivity contribution >= 4 is 17.6 Å². The Kier molecular flexibility index (Phi) is 5.69. The summed E-state index contributed by atoms with van der Waals surface area (Å²) in [5, 5.41) is 6.96. The van der Waals surface area contributed by atoms with E-state index in [0.717, 1.165) is 39.9 Å². The molecular weight excluding hydrogens is 394 g/mol. The summed E-state index contributed by atoms with van der Waals surface area (Å²) in [5.74, 6) is 2.94. The molecule has 158 valence electrons. The lowest BCUT2D eigenvalue weighted by atomic mass is 9.49. The Balaban J connectivity index is 1.79. The van der Waals surface area contributed by atoms with E-state index in [1.54, 1.807) is 31.6 Å². The maximum absolute atomic E-state index is 5.62. The topological polar surface area (TPSA) is 48.1 Å². The molecule has 0 aliphatic heterocycles. The van der Waals surface area contributed by atoms with Crippen molar-refractivity contribution in [2.75, 3.05) is 20.8 Å². The van der Waals surface area contributed by atoms with Crippen molar-refractivity contribution in [3.05, 3.63) is 52.7 Å². The zero-order valence-electron chi connectivity index (χ0n) is 18.1. The van der Waals surface area contributed by atoms with E-state index in [2.05, 4.69) is 36.9 Å². The van der Waals surface area contributed by atoms with Crippen LogP contribution in [-0.4, -0.2) is 31.7 Å². The molecule has 1 heterocycles. The third-order valence-electron chi connectivity index (χ3n) is 6.56. The number of ether oxygens (including phenoxy) is 2. The largest absolute Gasteiger partial charge is 0.497 e. The van der Waals surface area contributed by atoms with Gasteiger partial charge in [0.15, 0.2) is 0 Å². The quantitative estimate of drug-likeness (QED) is 0.457. The first-order valence-electron chi connectivity index (χ1n) is 10.3. The second kappa shape index (κ2) is 8.26. The number of aromatic nitrogens is 1. The molecule has 0 spiro atoms. The van der Waals surface area contributed by atoms with Crippen LogP contribution in [0, 0.1) is 17.3 Å². The van der Waals surface area contributed by atoms with Gasteiger partial charge in [-0.15, -0.1) is 17.9 Å². The van der Waals surface area contributed by atoms with Crippen LogP contribution < -0.4 is 14.3 Å². The molecule has 0 radical (unpaired) electrons. The molecule has 1 fully saturated rings. The summed E-state index contributed by atoms with van der Waals surface area (Å²) in [6.07, 6.45) is 8.58. The molecule has 2 unspecified atom stereocenters. The summed E-state index contributed by atoms with van der Waals surface area (Å²) in [7, 11) is 3.34. The lowest BCUT2D eigenvalue weighted by Crippen LogP contribution is -2.48. The van der Waals surface area contributed by atoms with Crippen molar-refractivity contribution in [1.82, 2.24) is 4.68 Å². The fourth-order valence-corrected chi connectivity index (χ4v) is 5.37. The third-order valence-corrected chi connectivity index (χ3v) is 7.41. The summed E-state index contributed by atoms with van der Waals surface area (Å²) in [6, 6.07) is 5.79. The predicted molar refractivity (Wildman–Crippen MR) is 123 cm³/mol. The van der Waals surface area contributed by atoms with Crippen LogP contribution in [0.5, 0.6) is 11.5 Å². The highest BCUT2D eigenvalue weighted by Gasteiger charge is 2.50. The molecule has 1 saturated carbocycles. The normalized spacial score (nSPS) is 22.5. The zero-order valence-corrected chi connectivity index (χ0v) is 18.9. The van der Waals surface area contributed by atoms with E-state index in [0.29, 0.717) is 17.9 Å². The molecule has 0 saturated heterocycles. The van der Waals surface area contributed by atoms with Gasteiger partial charge < -0.3 is 9.47 Å². The number of fused-ring (bicyclic) bond motifs is 1. The summed E-state index contributed by atoms with van der Waals surface area (Å²) < 4.78 is 13.0. The standard InChI is InChI=1S/C24H29N3O2S/c1-6-11-25-23-27(26-14-16-7-8-17-12-20(16)24(17,2)3)21(15-30-23)19-13-18(28-4)9-10-22(19)29-5/h6-7,9-10,13-15,17,20H,1,8,11-12H2,2-5H3. The molecule has 1 aromatic carbocycles. The molecule has 3 aliphatic rings. The van der Waals surface area contributed by atoms with E-state index >= 15 is 0 Å². The van der Waals surface area contributed by atoms with Crippen LogP contribution in [0.25, 0.3) is 11.3 Å². The molecule has 1 aromatic heterocycles. The van der Waals surface area contributed by atoms with E-state index < -0.39 is 0 Å². The molecule has 6 heteroatoms. The van der Waals surface area contributed by atoms with Crippen molar-refractivity contribution in [2.45, 2.75) is 26.7 Å². The lowest BCUT2D eigenvalue weighted by Gasteiger charge is -2.55. The fourth-order valence-electron chi connectivity index (χ4n) is 4.53. The van der Waals surface area contributed by atoms with Gasteiger partial charge in [-0.25, -0.2) is 4.68 Å². The highest BCUT2D eigenvalue weighted by molar-refractivity contribution is 7.07. The Morgan fingerprint density at radius 2 is 2.13 bits per heavy atom. The summed E-state index contributed by atoms with van der Waals surface area (Å²) >= 11 is 1.56. The minimum Gasteiger partial charge on any atom is -0.497 e. The van der Waals surface area contributed by atoms with Gasteiger partial charge in [-0.05, 0) is 53.9 Å². The van der Waals surface area contributed by atoms with Gasteiger partial charge in [-0.2, -0.15) is 5.10 Å². The minimum absolute atomic E-state index is 0.365. The highest BCUT2D eigenvalue weighted by Crippen LogP contribution is 2.58. The Hall–Kier alpha value is -2.60. The van der Waals surface area contributed by atoms with E-state index in [4.69, 9.17) is 14.6 Å². The second-order valence-corrected chi connectivity index (χ2v) is 9.24. The summed E-state index contributed by atoms with van der Waals surface area (Å²) in [6.45, 7) is 9.09. The molecule has 2 aromatic rings. The smallest absolute Gasteiger partial charge is 0.206 e. The number of allylic oxidation sites excluding steroid dienone is 2. The number of rotatable bonds is 7. The van der Waals surface area contributed by atoms with E-state index in [-0.39, 0.29) is 0 Å². The average molecular weight is 424 g/mol. The molecule has 0 amide bonds. The molecular formula is C24H29N3O2S. The zero-order chi connectivity index (χ0) is 21.3. The Bertz CT molecular complexity index is 1070.